The zero-order valence-corrected chi connectivity index (χ0v) is 6.68. The Morgan fingerprint density at radius 2 is 1.23 bits per heavy atom. The van der Waals surface area contributed by atoms with Gasteiger partial charge in [0.05, 0.1) is 0 Å². The number of fused-ring (bicyclic) bond motifs is 5. The second kappa shape index (κ2) is 1.79. The van der Waals surface area contributed by atoms with E-state index in [-0.39, 0.29) is 11.8 Å². The van der Waals surface area contributed by atoms with E-state index in [0.717, 1.165) is 0 Å². The van der Waals surface area contributed by atoms with E-state index in [1.54, 1.807) is 12.2 Å². The second-order valence-electron chi connectivity index (χ2n) is 4.25. The summed E-state index contributed by atoms with van der Waals surface area (Å²) in [4.78, 5) is 0. The standard InChI is InChI=1S/C9H8F4/c10-8(11)6-4-1-2-5(3-4)7(6)9(8,12)13/h1-2,4-7H,3H2/t4-,5-,6-,7-/m1/s1. The van der Waals surface area contributed by atoms with Crippen molar-refractivity contribution in [3.63, 3.8) is 0 Å². The van der Waals surface area contributed by atoms with Crippen LogP contribution >= 0.6 is 0 Å². The number of allylic oxidation sites excluding steroid dienone is 2. The quantitative estimate of drug-likeness (QED) is 0.409. The minimum absolute atomic E-state index is 0.301. The topological polar surface area (TPSA) is 0 Å². The highest BCUT2D eigenvalue weighted by atomic mass is 19.3. The van der Waals surface area contributed by atoms with Crippen LogP contribution < -0.4 is 0 Å². The Hall–Kier alpha value is -0.540. The lowest BCUT2D eigenvalue weighted by atomic mass is 9.61. The maximum atomic E-state index is 12.9. The summed E-state index contributed by atoms with van der Waals surface area (Å²) in [6.45, 7) is 0. The van der Waals surface area contributed by atoms with Crippen LogP contribution in [0.2, 0.25) is 0 Å². The van der Waals surface area contributed by atoms with Crippen molar-refractivity contribution in [2.45, 2.75) is 18.3 Å². The minimum Gasteiger partial charge on any atom is -0.200 e. The largest absolute Gasteiger partial charge is 0.314 e. The molecule has 0 heterocycles. The van der Waals surface area contributed by atoms with Crippen LogP contribution in [0.5, 0.6) is 0 Å². The van der Waals surface area contributed by atoms with Crippen molar-refractivity contribution in [3.05, 3.63) is 12.2 Å². The first-order chi connectivity index (χ1) is 5.96. The maximum absolute atomic E-state index is 12.9. The van der Waals surface area contributed by atoms with E-state index in [0.29, 0.717) is 6.42 Å². The highest BCUT2D eigenvalue weighted by molar-refractivity contribution is 5.27. The molecule has 0 saturated heterocycles. The third-order valence-corrected chi connectivity index (χ3v) is 3.74. The van der Waals surface area contributed by atoms with Crippen LogP contribution in [0, 0.1) is 23.7 Å². The third-order valence-electron chi connectivity index (χ3n) is 3.74. The normalized spacial score (nSPS) is 53.2. The summed E-state index contributed by atoms with van der Waals surface area (Å²) in [6.07, 6.45) is 3.85. The molecule has 4 heteroatoms. The van der Waals surface area contributed by atoms with Gasteiger partial charge in [-0.25, -0.2) is 0 Å². The summed E-state index contributed by atoms with van der Waals surface area (Å²) in [5.41, 5.74) is 0. The molecule has 0 aromatic heterocycles. The smallest absolute Gasteiger partial charge is 0.200 e. The van der Waals surface area contributed by atoms with Gasteiger partial charge in [-0.05, 0) is 18.3 Å². The number of hydrogen-bond donors (Lipinski definition) is 0. The molecule has 0 nitrogen and oxygen atoms in total. The number of hydrogen-bond acceptors (Lipinski definition) is 0. The second-order valence-corrected chi connectivity index (χ2v) is 4.25. The van der Waals surface area contributed by atoms with E-state index >= 15 is 0 Å². The molecule has 0 radical (unpaired) electrons. The van der Waals surface area contributed by atoms with Crippen LogP contribution in [0.4, 0.5) is 17.6 Å². The first-order valence-electron chi connectivity index (χ1n) is 4.40. The molecule has 0 spiro atoms. The van der Waals surface area contributed by atoms with Gasteiger partial charge in [0.1, 0.15) is 0 Å². The monoisotopic (exact) mass is 192 g/mol. The summed E-state index contributed by atoms with van der Waals surface area (Å²) in [5.74, 6) is -10.3. The molecule has 0 aliphatic heterocycles. The number of rotatable bonds is 0. The van der Waals surface area contributed by atoms with Crippen LogP contribution in [-0.4, -0.2) is 11.8 Å². The van der Waals surface area contributed by atoms with E-state index < -0.39 is 23.7 Å². The lowest BCUT2D eigenvalue weighted by molar-refractivity contribution is -0.355. The zero-order valence-electron chi connectivity index (χ0n) is 6.68. The van der Waals surface area contributed by atoms with Crippen molar-refractivity contribution in [2.75, 3.05) is 0 Å². The molecule has 0 amide bonds. The Balaban J connectivity index is 2.04. The highest BCUT2D eigenvalue weighted by Crippen LogP contribution is 2.71. The number of alkyl halides is 4. The van der Waals surface area contributed by atoms with Crippen LogP contribution in [0.25, 0.3) is 0 Å². The fraction of sp³-hybridized carbons (Fsp3) is 0.778. The van der Waals surface area contributed by atoms with Gasteiger partial charge in [-0.3, -0.25) is 0 Å². The van der Waals surface area contributed by atoms with E-state index in [1.165, 1.54) is 0 Å². The molecule has 3 rings (SSSR count). The molecule has 72 valence electrons. The van der Waals surface area contributed by atoms with Gasteiger partial charge in [0.2, 0.25) is 0 Å². The van der Waals surface area contributed by atoms with Crippen LogP contribution in [0.3, 0.4) is 0 Å². The Morgan fingerprint density at radius 1 is 0.846 bits per heavy atom. The first-order valence-corrected chi connectivity index (χ1v) is 4.40. The van der Waals surface area contributed by atoms with Gasteiger partial charge < -0.3 is 0 Å². The van der Waals surface area contributed by atoms with Crippen molar-refractivity contribution < 1.29 is 17.6 Å². The van der Waals surface area contributed by atoms with Crippen molar-refractivity contribution in [1.82, 2.24) is 0 Å². The molecular weight excluding hydrogens is 184 g/mol. The van der Waals surface area contributed by atoms with Crippen LogP contribution in [0.15, 0.2) is 12.2 Å². The SMILES string of the molecule is FC1(F)[C@H]2[C@@H]([C@@H]3C=C[C@@H]2C3)C1(F)F. The van der Waals surface area contributed by atoms with E-state index in [1.807, 2.05) is 0 Å². The van der Waals surface area contributed by atoms with Crippen molar-refractivity contribution in [3.8, 4) is 0 Å². The molecule has 0 unspecified atom stereocenters. The van der Waals surface area contributed by atoms with Gasteiger partial charge in [0.15, 0.2) is 0 Å². The summed E-state index contributed by atoms with van der Waals surface area (Å²) in [7, 11) is 0. The third kappa shape index (κ3) is 0.597. The van der Waals surface area contributed by atoms with Crippen molar-refractivity contribution in [2.24, 2.45) is 23.7 Å². The molecule has 3 aliphatic carbocycles. The average Bonchev–Trinajstić information content (AvgIpc) is 2.60. The van der Waals surface area contributed by atoms with Crippen molar-refractivity contribution >= 4 is 0 Å². The predicted octanol–water partition coefficient (Wildman–Crippen LogP) is 2.71. The molecule has 4 atom stereocenters. The maximum Gasteiger partial charge on any atom is 0.314 e. The Bertz CT molecular complexity index is 266. The molecule has 0 aromatic rings. The fourth-order valence-corrected chi connectivity index (χ4v) is 3.16. The van der Waals surface area contributed by atoms with Gasteiger partial charge in [-0.15, -0.1) is 0 Å². The summed E-state index contributed by atoms with van der Waals surface area (Å²) < 4.78 is 51.8. The fourth-order valence-electron chi connectivity index (χ4n) is 3.16. The van der Waals surface area contributed by atoms with E-state index in [4.69, 9.17) is 0 Å². The minimum atomic E-state index is -3.76. The molecule has 0 N–H and O–H groups in total. The number of halogens is 4. The lowest BCUT2D eigenvalue weighted by Gasteiger charge is -2.51. The Labute approximate surface area is 72.6 Å². The highest BCUT2D eigenvalue weighted by Gasteiger charge is 2.83. The van der Waals surface area contributed by atoms with Gasteiger partial charge in [0.25, 0.3) is 0 Å². The van der Waals surface area contributed by atoms with E-state index in [2.05, 4.69) is 0 Å². The van der Waals surface area contributed by atoms with Gasteiger partial charge in [-0.1, -0.05) is 12.2 Å². The van der Waals surface area contributed by atoms with Gasteiger partial charge in [0, 0.05) is 11.8 Å². The van der Waals surface area contributed by atoms with Crippen LogP contribution in [0.1, 0.15) is 6.42 Å². The molecular formula is C9H8F4. The summed E-state index contributed by atoms with van der Waals surface area (Å²) in [6, 6.07) is 0. The average molecular weight is 192 g/mol. The molecule has 2 bridgehead atoms. The van der Waals surface area contributed by atoms with Crippen LogP contribution in [-0.2, 0) is 0 Å². The molecule has 0 aromatic carbocycles. The Kier molecular flexibility index (Phi) is 1.08. The lowest BCUT2D eigenvalue weighted by Crippen LogP contribution is -2.67. The first kappa shape index (κ1) is 7.83. The van der Waals surface area contributed by atoms with E-state index in [9.17, 15) is 17.6 Å². The van der Waals surface area contributed by atoms with Crippen molar-refractivity contribution in [1.29, 1.82) is 0 Å². The molecule has 2 fully saturated rings. The van der Waals surface area contributed by atoms with Gasteiger partial charge >= 0.3 is 11.8 Å². The molecule has 3 aliphatic rings. The molecule has 13 heavy (non-hydrogen) atoms. The van der Waals surface area contributed by atoms with Gasteiger partial charge in [-0.2, -0.15) is 17.6 Å². The summed E-state index contributed by atoms with van der Waals surface area (Å²) in [5, 5.41) is 0. The summed E-state index contributed by atoms with van der Waals surface area (Å²) >= 11 is 0. The predicted molar refractivity (Wildman–Crippen MR) is 37.6 cm³/mol. The zero-order chi connectivity index (χ0) is 9.43. The molecule has 2 saturated carbocycles. The Morgan fingerprint density at radius 3 is 1.62 bits per heavy atom.